The van der Waals surface area contributed by atoms with E-state index in [1.165, 1.54) is 0 Å². The van der Waals surface area contributed by atoms with Crippen molar-refractivity contribution in [3.05, 3.63) is 29.8 Å². The van der Waals surface area contributed by atoms with Crippen molar-refractivity contribution in [3.8, 4) is 0 Å². The first-order valence-electron chi connectivity index (χ1n) is 10.0. The van der Waals surface area contributed by atoms with Crippen LogP contribution in [0.4, 0.5) is 5.69 Å². The maximum absolute atomic E-state index is 12.5. The Hall–Kier alpha value is -2.25. The molecule has 3 rings (SSSR count). The average Bonchev–Trinajstić information content (AvgIpc) is 2.70. The van der Waals surface area contributed by atoms with E-state index < -0.39 is 17.8 Å². The summed E-state index contributed by atoms with van der Waals surface area (Å²) in [4.78, 5) is 40.8. The molecule has 0 bridgehead atoms. The van der Waals surface area contributed by atoms with E-state index in [0.717, 1.165) is 39.0 Å². The minimum Gasteiger partial charge on any atom is -0.481 e. The van der Waals surface area contributed by atoms with Gasteiger partial charge in [-0.3, -0.25) is 19.3 Å². The summed E-state index contributed by atoms with van der Waals surface area (Å²) in [5.74, 6) is -2.18. The van der Waals surface area contributed by atoms with Crippen molar-refractivity contribution in [1.82, 2.24) is 9.80 Å². The second kappa shape index (κ2) is 9.30. The second-order valence-corrected chi connectivity index (χ2v) is 7.90. The Morgan fingerprint density at radius 3 is 2.21 bits per heavy atom. The van der Waals surface area contributed by atoms with Gasteiger partial charge >= 0.3 is 5.97 Å². The number of rotatable bonds is 6. The van der Waals surface area contributed by atoms with Crippen molar-refractivity contribution >= 4 is 23.3 Å². The monoisotopic (exact) mass is 387 g/mol. The number of hydrogen-bond donors (Lipinski definition) is 2. The highest BCUT2D eigenvalue weighted by Crippen LogP contribution is 2.31. The van der Waals surface area contributed by atoms with E-state index in [1.807, 2.05) is 0 Å². The predicted octanol–water partition coefficient (Wildman–Crippen LogP) is 1.95. The quantitative estimate of drug-likeness (QED) is 0.725. The molecule has 2 aliphatic rings. The van der Waals surface area contributed by atoms with Crippen molar-refractivity contribution in [2.45, 2.75) is 25.7 Å². The molecule has 2 unspecified atom stereocenters. The van der Waals surface area contributed by atoms with E-state index in [-0.39, 0.29) is 11.7 Å². The van der Waals surface area contributed by atoms with Gasteiger partial charge < -0.3 is 15.3 Å². The Kier molecular flexibility index (Phi) is 6.80. The lowest BCUT2D eigenvalue weighted by Crippen LogP contribution is -2.46. The van der Waals surface area contributed by atoms with Gasteiger partial charge in [-0.1, -0.05) is 12.8 Å². The normalized spacial score (nSPS) is 23.9. The van der Waals surface area contributed by atoms with E-state index in [9.17, 15) is 19.5 Å². The van der Waals surface area contributed by atoms with Crippen LogP contribution in [0.2, 0.25) is 0 Å². The maximum atomic E-state index is 12.5. The Labute approximate surface area is 165 Å². The lowest BCUT2D eigenvalue weighted by molar-refractivity contribution is -0.147. The van der Waals surface area contributed by atoms with E-state index >= 15 is 0 Å². The summed E-state index contributed by atoms with van der Waals surface area (Å²) in [6, 6.07) is 6.88. The molecule has 0 spiro atoms. The van der Waals surface area contributed by atoms with E-state index in [1.54, 1.807) is 24.3 Å². The SMILES string of the molecule is CN1CCN(CC(=O)c2ccc(NC(=O)C3CCCCC3C(=O)O)cc2)CC1. The molecule has 1 aliphatic carbocycles. The van der Waals surface area contributed by atoms with E-state index in [4.69, 9.17) is 0 Å². The van der Waals surface area contributed by atoms with Crippen molar-refractivity contribution < 1.29 is 19.5 Å². The molecule has 1 amide bonds. The number of anilines is 1. The van der Waals surface area contributed by atoms with Gasteiger partial charge in [0.1, 0.15) is 0 Å². The summed E-state index contributed by atoms with van der Waals surface area (Å²) in [6.07, 6.45) is 2.88. The van der Waals surface area contributed by atoms with E-state index in [2.05, 4.69) is 22.2 Å². The Balaban J connectivity index is 1.55. The number of likely N-dealkylation sites (N-methyl/N-ethyl adjacent to an activating group) is 1. The van der Waals surface area contributed by atoms with Gasteiger partial charge in [0.2, 0.25) is 5.91 Å². The zero-order valence-electron chi connectivity index (χ0n) is 16.4. The van der Waals surface area contributed by atoms with E-state index in [0.29, 0.717) is 30.6 Å². The molecule has 2 fully saturated rings. The van der Waals surface area contributed by atoms with Gasteiger partial charge in [-0.2, -0.15) is 0 Å². The zero-order valence-corrected chi connectivity index (χ0v) is 16.4. The summed E-state index contributed by atoms with van der Waals surface area (Å²) < 4.78 is 0. The highest BCUT2D eigenvalue weighted by atomic mass is 16.4. The van der Waals surface area contributed by atoms with Crippen LogP contribution in [0.15, 0.2) is 24.3 Å². The van der Waals surface area contributed by atoms with Crippen LogP contribution in [0.25, 0.3) is 0 Å². The molecular weight excluding hydrogens is 358 g/mol. The van der Waals surface area contributed by atoms with Crippen molar-refractivity contribution in [2.24, 2.45) is 11.8 Å². The summed E-state index contributed by atoms with van der Waals surface area (Å²) in [7, 11) is 2.08. The molecule has 2 atom stereocenters. The van der Waals surface area contributed by atoms with Crippen LogP contribution in [0, 0.1) is 11.8 Å². The molecule has 1 saturated carbocycles. The molecule has 1 aliphatic heterocycles. The lowest BCUT2D eigenvalue weighted by atomic mass is 9.78. The fourth-order valence-corrected chi connectivity index (χ4v) is 4.02. The number of aliphatic carboxylic acids is 1. The summed E-state index contributed by atoms with van der Waals surface area (Å²) in [6.45, 7) is 4.13. The van der Waals surface area contributed by atoms with Gasteiger partial charge in [0.05, 0.1) is 18.4 Å². The number of carboxylic acids is 1. The number of hydrogen-bond acceptors (Lipinski definition) is 5. The smallest absolute Gasteiger partial charge is 0.307 e. The number of Topliss-reactive ketones (excluding diaryl/α,β-unsaturated/α-hetero) is 1. The lowest BCUT2D eigenvalue weighted by Gasteiger charge is -2.31. The van der Waals surface area contributed by atoms with Gasteiger partial charge in [0.25, 0.3) is 0 Å². The fraction of sp³-hybridized carbons (Fsp3) is 0.571. The van der Waals surface area contributed by atoms with Gasteiger partial charge in [-0.05, 0) is 44.2 Å². The number of carbonyl (C=O) groups excluding carboxylic acids is 2. The van der Waals surface area contributed by atoms with Gasteiger partial charge in [0.15, 0.2) is 5.78 Å². The van der Waals surface area contributed by atoms with Crippen molar-refractivity contribution in [2.75, 3.05) is 45.1 Å². The highest BCUT2D eigenvalue weighted by Gasteiger charge is 2.35. The van der Waals surface area contributed by atoms with Crippen LogP contribution in [0.3, 0.4) is 0 Å². The molecule has 1 heterocycles. The molecule has 7 nitrogen and oxygen atoms in total. The standard InChI is InChI=1S/C21H29N3O4/c1-23-10-12-24(13-11-23)14-19(25)15-6-8-16(9-7-15)22-20(26)17-4-2-3-5-18(17)21(27)28/h6-9,17-18H,2-5,10-14H2,1H3,(H,22,26)(H,27,28). The number of carboxylic acid groups (broad SMARTS) is 1. The summed E-state index contributed by atoms with van der Waals surface area (Å²) >= 11 is 0. The number of amides is 1. The Morgan fingerprint density at radius 2 is 1.61 bits per heavy atom. The molecule has 0 radical (unpaired) electrons. The molecule has 0 aromatic heterocycles. The third kappa shape index (κ3) is 5.17. The van der Waals surface area contributed by atoms with Crippen LogP contribution < -0.4 is 5.32 Å². The van der Waals surface area contributed by atoms with Crippen molar-refractivity contribution in [3.63, 3.8) is 0 Å². The third-order valence-corrected chi connectivity index (χ3v) is 5.86. The molecule has 7 heteroatoms. The van der Waals surface area contributed by atoms with Gasteiger partial charge in [-0.25, -0.2) is 0 Å². The number of benzene rings is 1. The molecule has 2 N–H and O–H groups in total. The Bertz CT molecular complexity index is 711. The number of nitrogens with zero attached hydrogens (tertiary/aromatic N) is 2. The van der Waals surface area contributed by atoms with Crippen molar-refractivity contribution in [1.29, 1.82) is 0 Å². The molecule has 1 saturated heterocycles. The van der Waals surface area contributed by atoms with Crippen LogP contribution in [-0.4, -0.2) is 72.3 Å². The second-order valence-electron chi connectivity index (χ2n) is 7.90. The zero-order chi connectivity index (χ0) is 20.1. The first-order valence-corrected chi connectivity index (χ1v) is 10.0. The molecule has 1 aromatic carbocycles. The Morgan fingerprint density at radius 1 is 1.00 bits per heavy atom. The fourth-order valence-electron chi connectivity index (χ4n) is 4.02. The number of carbonyl (C=O) groups is 3. The minimum absolute atomic E-state index is 0.0700. The first kappa shape index (κ1) is 20.5. The highest BCUT2D eigenvalue weighted by molar-refractivity contribution is 5.99. The van der Waals surface area contributed by atoms with Crippen LogP contribution in [-0.2, 0) is 9.59 Å². The number of piperazine rings is 1. The first-order chi connectivity index (χ1) is 13.4. The molecular formula is C21H29N3O4. The molecule has 152 valence electrons. The average molecular weight is 387 g/mol. The number of nitrogens with one attached hydrogen (secondary N) is 1. The summed E-state index contributed by atoms with van der Waals surface area (Å²) in [5.41, 5.74) is 1.22. The number of ketones is 1. The minimum atomic E-state index is -0.898. The van der Waals surface area contributed by atoms with Crippen LogP contribution >= 0.6 is 0 Å². The largest absolute Gasteiger partial charge is 0.481 e. The topological polar surface area (TPSA) is 90.0 Å². The maximum Gasteiger partial charge on any atom is 0.307 e. The third-order valence-electron chi connectivity index (χ3n) is 5.86. The predicted molar refractivity (Wildman–Crippen MR) is 106 cm³/mol. The van der Waals surface area contributed by atoms with Gasteiger partial charge in [0, 0.05) is 37.4 Å². The summed E-state index contributed by atoms with van der Waals surface area (Å²) in [5, 5.41) is 12.2. The molecule has 1 aromatic rings. The molecule has 28 heavy (non-hydrogen) atoms. The van der Waals surface area contributed by atoms with Crippen LogP contribution in [0.5, 0.6) is 0 Å². The van der Waals surface area contributed by atoms with Gasteiger partial charge in [-0.15, -0.1) is 0 Å². The van der Waals surface area contributed by atoms with Crippen LogP contribution in [0.1, 0.15) is 36.0 Å².